The lowest BCUT2D eigenvalue weighted by Crippen LogP contribution is -2.03. The summed E-state index contributed by atoms with van der Waals surface area (Å²) in [5.41, 5.74) is 4.41. The molecule has 0 fully saturated rings. The predicted octanol–water partition coefficient (Wildman–Crippen LogP) is 6.06. The molecule has 0 atom stereocenters. The summed E-state index contributed by atoms with van der Waals surface area (Å²) < 4.78 is 67.3. The number of halogens is 4. The number of alkyl halides is 2. The minimum absolute atomic E-state index is 0.0805. The van der Waals surface area contributed by atoms with Crippen LogP contribution in [0.4, 0.5) is 23.5 Å². The van der Waals surface area contributed by atoms with Gasteiger partial charge in [-0.25, -0.2) is 37.3 Å². The molecule has 0 aliphatic rings. The smallest absolute Gasteiger partial charge is 0.337 e. The fourth-order valence-corrected chi connectivity index (χ4v) is 3.80. The first kappa shape index (κ1) is 24.7. The molecule has 2 aromatic heterocycles. The van der Waals surface area contributed by atoms with Gasteiger partial charge in [0, 0.05) is 22.9 Å². The Morgan fingerprint density at radius 1 is 0.947 bits per heavy atom. The third-order valence-corrected chi connectivity index (χ3v) is 5.63. The summed E-state index contributed by atoms with van der Waals surface area (Å²) in [6.07, 6.45) is -2.16. The minimum atomic E-state index is -3.09. The van der Waals surface area contributed by atoms with E-state index in [1.165, 1.54) is 13.2 Å². The molecule has 0 saturated carbocycles. The molecule has 0 aliphatic carbocycles. The van der Waals surface area contributed by atoms with E-state index in [2.05, 4.69) is 24.7 Å². The van der Waals surface area contributed by atoms with Crippen molar-refractivity contribution in [3.05, 3.63) is 83.7 Å². The predicted molar refractivity (Wildman–Crippen MR) is 130 cm³/mol. The standard InChI is InChI=1S/C26H17F4N5O3/c1-37-25(36)13-4-8-15(9-5-13)38-14-6-2-12(3-7-14)24-33-18-10-16(19(27)20(28)22(18)34-24)17-11-32-26(31)35-21(17)23(29)30/h2-11,23H,1H3,(H,33,34)(H2,31,32,35). The van der Waals surface area contributed by atoms with Crippen LogP contribution in [0.1, 0.15) is 22.5 Å². The number of nitrogens with zero attached hydrogens (tertiary/aromatic N) is 3. The molecule has 38 heavy (non-hydrogen) atoms. The van der Waals surface area contributed by atoms with Gasteiger partial charge in [0.2, 0.25) is 5.95 Å². The first-order chi connectivity index (χ1) is 18.2. The van der Waals surface area contributed by atoms with Crippen molar-refractivity contribution < 1.29 is 31.8 Å². The van der Waals surface area contributed by atoms with Crippen LogP contribution in [0.2, 0.25) is 0 Å². The Morgan fingerprint density at radius 2 is 1.61 bits per heavy atom. The van der Waals surface area contributed by atoms with Crippen LogP contribution in [-0.2, 0) is 4.74 Å². The molecule has 0 spiro atoms. The number of aromatic amines is 1. The van der Waals surface area contributed by atoms with E-state index in [1.807, 2.05) is 0 Å². The zero-order valence-electron chi connectivity index (χ0n) is 19.5. The van der Waals surface area contributed by atoms with Crippen LogP contribution in [0, 0.1) is 11.6 Å². The topological polar surface area (TPSA) is 116 Å². The second-order valence-electron chi connectivity index (χ2n) is 8.00. The number of anilines is 1. The number of hydrogen-bond donors (Lipinski definition) is 2. The van der Waals surface area contributed by atoms with Crippen molar-refractivity contribution in [3.63, 3.8) is 0 Å². The lowest BCUT2D eigenvalue weighted by Gasteiger charge is -2.10. The Bertz CT molecular complexity index is 1660. The fourth-order valence-electron chi connectivity index (χ4n) is 3.80. The van der Waals surface area contributed by atoms with E-state index in [4.69, 9.17) is 10.5 Å². The number of aromatic nitrogens is 4. The highest BCUT2D eigenvalue weighted by Gasteiger charge is 2.24. The van der Waals surface area contributed by atoms with E-state index in [9.17, 15) is 22.4 Å². The number of benzene rings is 3. The van der Waals surface area contributed by atoms with Crippen LogP contribution in [0.25, 0.3) is 33.5 Å². The maximum atomic E-state index is 14.9. The molecular weight excluding hydrogens is 506 g/mol. The molecule has 2 heterocycles. The first-order valence-corrected chi connectivity index (χ1v) is 11.0. The molecule has 8 nitrogen and oxygen atoms in total. The molecule has 0 bridgehead atoms. The normalized spacial score (nSPS) is 11.2. The molecule has 0 saturated heterocycles. The monoisotopic (exact) mass is 523 g/mol. The van der Waals surface area contributed by atoms with Crippen molar-refractivity contribution in [1.29, 1.82) is 0 Å². The van der Waals surface area contributed by atoms with Crippen molar-refractivity contribution in [1.82, 2.24) is 19.9 Å². The maximum absolute atomic E-state index is 14.9. The molecular formula is C26H17F4N5O3. The van der Waals surface area contributed by atoms with Crippen molar-refractivity contribution in [3.8, 4) is 34.0 Å². The van der Waals surface area contributed by atoms with Gasteiger partial charge in [0.05, 0.1) is 18.2 Å². The third kappa shape index (κ3) is 4.59. The van der Waals surface area contributed by atoms with Crippen LogP contribution in [0.5, 0.6) is 11.5 Å². The number of methoxy groups -OCH3 is 1. The van der Waals surface area contributed by atoms with E-state index in [-0.39, 0.29) is 22.4 Å². The molecule has 0 amide bonds. The summed E-state index contributed by atoms with van der Waals surface area (Å²) in [5, 5.41) is 0. The number of rotatable bonds is 6. The van der Waals surface area contributed by atoms with Crippen LogP contribution in [0.3, 0.4) is 0 Å². The van der Waals surface area contributed by atoms with Crippen LogP contribution in [-0.4, -0.2) is 33.0 Å². The largest absolute Gasteiger partial charge is 0.465 e. The van der Waals surface area contributed by atoms with Gasteiger partial charge in [0.25, 0.3) is 6.43 Å². The number of esters is 1. The molecule has 192 valence electrons. The Labute approximate surface area is 212 Å². The summed E-state index contributed by atoms with van der Waals surface area (Å²) >= 11 is 0. The maximum Gasteiger partial charge on any atom is 0.337 e. The number of H-pyrrole nitrogens is 1. The highest BCUT2D eigenvalue weighted by molar-refractivity contribution is 5.89. The molecule has 5 rings (SSSR count). The molecule has 3 N–H and O–H groups in total. The van der Waals surface area contributed by atoms with E-state index in [0.717, 1.165) is 6.20 Å². The summed E-state index contributed by atoms with van der Waals surface area (Å²) in [6, 6.07) is 14.1. The molecule has 0 aliphatic heterocycles. The number of imidazole rings is 1. The third-order valence-electron chi connectivity index (χ3n) is 5.63. The van der Waals surface area contributed by atoms with Gasteiger partial charge in [-0.3, -0.25) is 0 Å². The van der Waals surface area contributed by atoms with E-state index in [0.29, 0.717) is 22.6 Å². The van der Waals surface area contributed by atoms with Crippen LogP contribution in [0.15, 0.2) is 60.8 Å². The van der Waals surface area contributed by atoms with Crippen molar-refractivity contribution in [2.75, 3.05) is 12.8 Å². The summed E-state index contributed by atoms with van der Waals surface area (Å²) in [4.78, 5) is 25.7. The molecule has 0 radical (unpaired) electrons. The fraction of sp³-hybridized carbons (Fsp3) is 0.0769. The second-order valence-corrected chi connectivity index (χ2v) is 8.00. The number of hydrogen-bond acceptors (Lipinski definition) is 7. The number of nitrogens with one attached hydrogen (secondary N) is 1. The average Bonchev–Trinajstić information content (AvgIpc) is 3.35. The van der Waals surface area contributed by atoms with Crippen molar-refractivity contribution >= 4 is 23.0 Å². The van der Waals surface area contributed by atoms with Gasteiger partial charge in [0.15, 0.2) is 11.6 Å². The summed E-state index contributed by atoms with van der Waals surface area (Å²) in [5.74, 6) is -2.40. The summed E-state index contributed by atoms with van der Waals surface area (Å²) in [7, 11) is 1.29. The number of fused-ring (bicyclic) bond motifs is 1. The molecule has 5 aromatic rings. The summed E-state index contributed by atoms with van der Waals surface area (Å²) in [6.45, 7) is 0. The first-order valence-electron chi connectivity index (χ1n) is 11.0. The molecule has 0 unspecified atom stereocenters. The lowest BCUT2D eigenvalue weighted by atomic mass is 10.0. The van der Waals surface area contributed by atoms with Crippen molar-refractivity contribution in [2.45, 2.75) is 6.43 Å². The van der Waals surface area contributed by atoms with Gasteiger partial charge in [-0.05, 0) is 54.6 Å². The number of carbonyl (C=O) groups excluding carboxylic acids is 1. The van der Waals surface area contributed by atoms with E-state index >= 15 is 0 Å². The van der Waals surface area contributed by atoms with Gasteiger partial charge < -0.3 is 20.2 Å². The minimum Gasteiger partial charge on any atom is -0.465 e. The zero-order chi connectivity index (χ0) is 27.0. The van der Waals surface area contributed by atoms with E-state index in [1.54, 1.807) is 48.5 Å². The zero-order valence-corrected chi connectivity index (χ0v) is 19.5. The second kappa shape index (κ2) is 9.81. The van der Waals surface area contributed by atoms with Gasteiger partial charge in [-0.2, -0.15) is 0 Å². The van der Waals surface area contributed by atoms with Gasteiger partial charge in [-0.15, -0.1) is 0 Å². The van der Waals surface area contributed by atoms with E-state index < -0.39 is 41.2 Å². The Morgan fingerprint density at radius 3 is 2.24 bits per heavy atom. The number of ether oxygens (including phenoxy) is 2. The van der Waals surface area contributed by atoms with Gasteiger partial charge in [0.1, 0.15) is 28.5 Å². The molecule has 3 aromatic carbocycles. The number of nitrogens with two attached hydrogens (primary N) is 1. The quantitative estimate of drug-likeness (QED) is 0.205. The Kier molecular flexibility index (Phi) is 6.37. The average molecular weight is 523 g/mol. The Balaban J connectivity index is 1.44. The number of nitrogen functional groups attached to an aromatic ring is 1. The van der Waals surface area contributed by atoms with Gasteiger partial charge in [-0.1, -0.05) is 0 Å². The number of carbonyl (C=O) groups is 1. The highest BCUT2D eigenvalue weighted by Crippen LogP contribution is 2.35. The van der Waals surface area contributed by atoms with Gasteiger partial charge >= 0.3 is 5.97 Å². The van der Waals surface area contributed by atoms with Crippen LogP contribution >= 0.6 is 0 Å². The lowest BCUT2D eigenvalue weighted by molar-refractivity contribution is 0.0600. The highest BCUT2D eigenvalue weighted by atomic mass is 19.3. The molecule has 12 heteroatoms. The SMILES string of the molecule is COC(=O)c1ccc(Oc2ccc(-c3nc4c(F)c(F)c(-c5cnc(N)nc5C(F)F)cc4[nH]3)cc2)cc1. The van der Waals surface area contributed by atoms with Crippen molar-refractivity contribution in [2.24, 2.45) is 0 Å². The van der Waals surface area contributed by atoms with Crippen LogP contribution < -0.4 is 10.5 Å². The Hall–Kier alpha value is -5.00.